The molecule has 2 aliphatic heterocycles. The zero-order chi connectivity index (χ0) is 19.5. The van der Waals surface area contributed by atoms with E-state index in [4.69, 9.17) is 9.72 Å². The van der Waals surface area contributed by atoms with Gasteiger partial charge in [0.1, 0.15) is 5.82 Å². The largest absolute Gasteiger partial charge is 0.381 e. The lowest BCUT2D eigenvalue weighted by molar-refractivity contribution is 0.0678. The van der Waals surface area contributed by atoms with Crippen molar-refractivity contribution in [3.8, 4) is 0 Å². The number of amides is 1. The van der Waals surface area contributed by atoms with Gasteiger partial charge in [0.25, 0.3) is 5.91 Å². The maximum atomic E-state index is 12.8. The van der Waals surface area contributed by atoms with Crippen LogP contribution in [0.3, 0.4) is 0 Å². The molecule has 2 fully saturated rings. The molecule has 2 aliphatic rings. The molecular weight excluding hydrogens is 352 g/mol. The van der Waals surface area contributed by atoms with Crippen LogP contribution in [0.1, 0.15) is 59.0 Å². The maximum Gasteiger partial charge on any atom is 0.255 e. The van der Waals surface area contributed by atoms with E-state index in [1.54, 1.807) is 12.4 Å². The minimum atomic E-state index is 0.116. The number of pyridine rings is 1. The number of carbonyl (C=O) groups is 1. The summed E-state index contributed by atoms with van der Waals surface area (Å²) in [4.78, 5) is 23.7. The molecule has 0 spiro atoms. The topological polar surface area (TPSA) is 60.2 Å². The lowest BCUT2D eigenvalue weighted by Crippen LogP contribution is -2.39. The van der Waals surface area contributed by atoms with Crippen LogP contribution in [0.4, 0.5) is 0 Å². The van der Waals surface area contributed by atoms with Crippen molar-refractivity contribution < 1.29 is 9.53 Å². The lowest BCUT2D eigenvalue weighted by Gasteiger charge is -2.33. The van der Waals surface area contributed by atoms with Gasteiger partial charge in [-0.15, -0.1) is 0 Å². The summed E-state index contributed by atoms with van der Waals surface area (Å²) in [5.41, 5.74) is 2.97. The first kappa shape index (κ1) is 19.1. The fourth-order valence-corrected chi connectivity index (χ4v) is 4.43. The standard InChI is InChI=1S/C22H30N4O2/c1-16-3-8-23-14-20(16)22(27)25-9-4-18(5-10-25)15-26-17(2)13-24-21(26)19-6-11-28-12-7-19/h3,8,13-14,18-19H,4-7,9-12,15H2,1-2H3. The van der Waals surface area contributed by atoms with Crippen molar-refractivity contribution in [1.82, 2.24) is 19.4 Å². The van der Waals surface area contributed by atoms with Crippen LogP contribution in [0, 0.1) is 19.8 Å². The third-order valence-electron chi connectivity index (χ3n) is 6.28. The van der Waals surface area contributed by atoms with Gasteiger partial charge in [-0.25, -0.2) is 4.98 Å². The van der Waals surface area contributed by atoms with Crippen LogP contribution in [0.2, 0.25) is 0 Å². The van der Waals surface area contributed by atoms with E-state index in [1.165, 1.54) is 11.5 Å². The van der Waals surface area contributed by atoms with Crippen LogP contribution in [-0.4, -0.2) is 51.6 Å². The predicted molar refractivity (Wildman–Crippen MR) is 107 cm³/mol. The summed E-state index contributed by atoms with van der Waals surface area (Å²) in [7, 11) is 0. The Morgan fingerprint density at radius 1 is 1.14 bits per heavy atom. The molecule has 0 N–H and O–H groups in total. The molecule has 2 aromatic rings. The molecular formula is C22H30N4O2. The summed E-state index contributed by atoms with van der Waals surface area (Å²) < 4.78 is 7.94. The zero-order valence-corrected chi connectivity index (χ0v) is 16.9. The molecule has 0 bridgehead atoms. The number of hydrogen-bond acceptors (Lipinski definition) is 4. The first-order chi connectivity index (χ1) is 13.6. The molecule has 0 aromatic carbocycles. The van der Waals surface area contributed by atoms with E-state index >= 15 is 0 Å². The summed E-state index contributed by atoms with van der Waals surface area (Å²) in [6, 6.07) is 1.90. The summed E-state index contributed by atoms with van der Waals surface area (Å²) in [6.07, 6.45) is 9.64. The van der Waals surface area contributed by atoms with Crippen molar-refractivity contribution in [2.75, 3.05) is 26.3 Å². The van der Waals surface area contributed by atoms with Gasteiger partial charge in [0.2, 0.25) is 0 Å². The van der Waals surface area contributed by atoms with Crippen LogP contribution < -0.4 is 0 Å². The Bertz CT molecular complexity index is 818. The van der Waals surface area contributed by atoms with E-state index < -0.39 is 0 Å². The average molecular weight is 383 g/mol. The molecule has 0 saturated carbocycles. The Hall–Kier alpha value is -2.21. The van der Waals surface area contributed by atoms with E-state index in [1.807, 2.05) is 24.1 Å². The molecule has 0 radical (unpaired) electrons. The molecule has 6 nitrogen and oxygen atoms in total. The number of rotatable bonds is 4. The van der Waals surface area contributed by atoms with Gasteiger partial charge in [-0.1, -0.05) is 0 Å². The number of carbonyl (C=O) groups excluding carboxylic acids is 1. The molecule has 4 rings (SSSR count). The van der Waals surface area contributed by atoms with Crippen LogP contribution in [0.15, 0.2) is 24.7 Å². The minimum Gasteiger partial charge on any atom is -0.381 e. The Morgan fingerprint density at radius 2 is 1.89 bits per heavy atom. The van der Waals surface area contributed by atoms with Crippen LogP contribution >= 0.6 is 0 Å². The van der Waals surface area contributed by atoms with Crippen LogP contribution in [0.5, 0.6) is 0 Å². The second-order valence-corrected chi connectivity index (χ2v) is 8.18. The molecule has 0 unspecified atom stereocenters. The highest BCUT2D eigenvalue weighted by molar-refractivity contribution is 5.95. The van der Waals surface area contributed by atoms with Crippen molar-refractivity contribution in [2.45, 2.75) is 52.0 Å². The highest BCUT2D eigenvalue weighted by atomic mass is 16.5. The molecule has 28 heavy (non-hydrogen) atoms. The number of piperidine rings is 1. The summed E-state index contributed by atoms with van der Waals surface area (Å²) >= 11 is 0. The number of aryl methyl sites for hydroxylation is 2. The maximum absolute atomic E-state index is 12.8. The summed E-state index contributed by atoms with van der Waals surface area (Å²) in [5.74, 6) is 2.44. The number of hydrogen-bond donors (Lipinski definition) is 0. The summed E-state index contributed by atoms with van der Waals surface area (Å²) in [5, 5.41) is 0. The van der Waals surface area contributed by atoms with Gasteiger partial charge in [-0.3, -0.25) is 9.78 Å². The van der Waals surface area contributed by atoms with Gasteiger partial charge in [-0.2, -0.15) is 0 Å². The quantitative estimate of drug-likeness (QED) is 0.814. The van der Waals surface area contributed by atoms with E-state index in [9.17, 15) is 4.79 Å². The molecule has 0 aliphatic carbocycles. The number of likely N-dealkylation sites (tertiary alicyclic amines) is 1. The Labute approximate surface area is 166 Å². The molecule has 1 amide bonds. The highest BCUT2D eigenvalue weighted by Gasteiger charge is 2.27. The number of nitrogens with zero attached hydrogens (tertiary/aromatic N) is 4. The van der Waals surface area contributed by atoms with Gasteiger partial charge in [-0.05, 0) is 57.1 Å². The van der Waals surface area contributed by atoms with Gasteiger partial charge in [0.15, 0.2) is 0 Å². The predicted octanol–water partition coefficient (Wildman–Crippen LogP) is 3.34. The first-order valence-corrected chi connectivity index (χ1v) is 10.4. The Balaban J connectivity index is 1.38. The monoisotopic (exact) mass is 382 g/mol. The lowest BCUT2D eigenvalue weighted by atomic mass is 9.94. The molecule has 2 saturated heterocycles. The molecule has 4 heterocycles. The summed E-state index contributed by atoms with van der Waals surface area (Å²) in [6.45, 7) is 8.44. The van der Waals surface area contributed by atoms with Crippen molar-refractivity contribution >= 4 is 5.91 Å². The van der Waals surface area contributed by atoms with Crippen LogP contribution in [0.25, 0.3) is 0 Å². The van der Waals surface area contributed by atoms with Gasteiger partial charge < -0.3 is 14.2 Å². The average Bonchev–Trinajstić information content (AvgIpc) is 3.09. The van der Waals surface area contributed by atoms with Gasteiger partial charge in [0.05, 0.1) is 5.56 Å². The van der Waals surface area contributed by atoms with Crippen molar-refractivity contribution in [2.24, 2.45) is 5.92 Å². The van der Waals surface area contributed by atoms with Gasteiger partial charge in [0, 0.05) is 63.1 Å². The molecule has 150 valence electrons. The SMILES string of the molecule is Cc1ccncc1C(=O)N1CCC(Cn2c(C)cnc2C2CCOCC2)CC1. The fraction of sp³-hybridized carbons (Fsp3) is 0.591. The smallest absolute Gasteiger partial charge is 0.255 e. The fourth-order valence-electron chi connectivity index (χ4n) is 4.43. The molecule has 0 atom stereocenters. The minimum absolute atomic E-state index is 0.116. The number of ether oxygens (including phenoxy) is 1. The second-order valence-electron chi connectivity index (χ2n) is 8.18. The van der Waals surface area contributed by atoms with Crippen molar-refractivity contribution in [1.29, 1.82) is 0 Å². The van der Waals surface area contributed by atoms with E-state index in [2.05, 4.69) is 16.5 Å². The number of imidazole rings is 1. The Kier molecular flexibility index (Phi) is 5.76. The van der Waals surface area contributed by atoms with Crippen molar-refractivity contribution in [3.05, 3.63) is 47.3 Å². The first-order valence-electron chi connectivity index (χ1n) is 10.4. The van der Waals surface area contributed by atoms with Crippen molar-refractivity contribution in [3.63, 3.8) is 0 Å². The molecule has 2 aromatic heterocycles. The second kappa shape index (κ2) is 8.43. The zero-order valence-electron chi connectivity index (χ0n) is 16.9. The van der Waals surface area contributed by atoms with Crippen LogP contribution in [-0.2, 0) is 11.3 Å². The van der Waals surface area contributed by atoms with Gasteiger partial charge >= 0.3 is 0 Å². The Morgan fingerprint density at radius 3 is 2.61 bits per heavy atom. The number of aromatic nitrogens is 3. The normalized spacial score (nSPS) is 19.1. The third-order valence-corrected chi connectivity index (χ3v) is 6.28. The third kappa shape index (κ3) is 3.97. The highest BCUT2D eigenvalue weighted by Crippen LogP contribution is 2.29. The molecule has 6 heteroatoms. The van der Waals surface area contributed by atoms with E-state index in [-0.39, 0.29) is 5.91 Å². The van der Waals surface area contributed by atoms with E-state index in [0.717, 1.165) is 69.7 Å². The van der Waals surface area contributed by atoms with E-state index in [0.29, 0.717) is 11.8 Å².